The molecule has 1 atom stereocenters. The van der Waals surface area contributed by atoms with Gasteiger partial charge in [-0.15, -0.1) is 0 Å². The Bertz CT molecular complexity index is 851. The van der Waals surface area contributed by atoms with Gasteiger partial charge in [-0.1, -0.05) is 62.8 Å². The van der Waals surface area contributed by atoms with Crippen molar-refractivity contribution in [2.24, 2.45) is 11.8 Å². The van der Waals surface area contributed by atoms with E-state index in [1.165, 1.54) is 11.8 Å². The van der Waals surface area contributed by atoms with Crippen LogP contribution in [0.2, 0.25) is 0 Å². The van der Waals surface area contributed by atoms with E-state index in [0.717, 1.165) is 35.5 Å². The minimum atomic E-state index is 0.114. The van der Waals surface area contributed by atoms with Crippen LogP contribution in [0.15, 0.2) is 60.4 Å². The fraction of sp³-hybridized carbons (Fsp3) is 0.375. The number of H-pyrrole nitrogens is 1. The summed E-state index contributed by atoms with van der Waals surface area (Å²) in [6.07, 6.45) is 9.02. The van der Waals surface area contributed by atoms with Crippen LogP contribution < -0.4 is 5.32 Å². The van der Waals surface area contributed by atoms with Gasteiger partial charge in [0.2, 0.25) is 0 Å². The second-order valence-electron chi connectivity index (χ2n) is 7.46. The molecule has 1 aromatic heterocycles. The van der Waals surface area contributed by atoms with Gasteiger partial charge in [0.15, 0.2) is 0 Å². The van der Waals surface area contributed by atoms with Crippen molar-refractivity contribution in [3.63, 3.8) is 0 Å². The Labute approximate surface area is 174 Å². The molecule has 0 radical (unpaired) electrons. The second-order valence-corrected chi connectivity index (χ2v) is 7.46. The highest BCUT2D eigenvalue weighted by atomic mass is 15.1. The van der Waals surface area contributed by atoms with E-state index in [9.17, 15) is 0 Å². The SMILES string of the molecule is CCc1cn[nH]ccc(-c2ccccc2)nc1NCC(C=N)C/C=C(\C)C(C)C. The minimum absolute atomic E-state index is 0.114. The summed E-state index contributed by atoms with van der Waals surface area (Å²) in [7, 11) is 0. The Morgan fingerprint density at radius 3 is 2.62 bits per heavy atom. The number of nitrogens with zero attached hydrogens (tertiary/aromatic N) is 2. The van der Waals surface area contributed by atoms with Gasteiger partial charge in [-0.2, -0.15) is 5.10 Å². The molecular weight excluding hydrogens is 358 g/mol. The summed E-state index contributed by atoms with van der Waals surface area (Å²) in [5, 5.41) is 18.5. The minimum Gasteiger partial charge on any atom is -0.369 e. The lowest BCUT2D eigenvalue weighted by Crippen LogP contribution is -2.16. The molecule has 0 saturated carbocycles. The first kappa shape index (κ1) is 22.3. The van der Waals surface area contributed by atoms with Crippen molar-refractivity contribution in [2.75, 3.05) is 11.9 Å². The highest BCUT2D eigenvalue weighted by Crippen LogP contribution is 2.19. The maximum atomic E-state index is 7.82. The molecule has 0 aliphatic carbocycles. The molecule has 0 amide bonds. The number of benzene rings is 1. The lowest BCUT2D eigenvalue weighted by molar-refractivity contribution is 0.716. The maximum Gasteiger partial charge on any atom is 0.131 e. The summed E-state index contributed by atoms with van der Waals surface area (Å²) in [6.45, 7) is 9.29. The highest BCUT2D eigenvalue weighted by Gasteiger charge is 2.08. The summed E-state index contributed by atoms with van der Waals surface area (Å²) >= 11 is 0. The van der Waals surface area contributed by atoms with E-state index in [2.05, 4.69) is 49.3 Å². The normalized spacial score (nSPS) is 12.4. The molecule has 0 aliphatic heterocycles. The van der Waals surface area contributed by atoms with Gasteiger partial charge in [0.25, 0.3) is 0 Å². The van der Waals surface area contributed by atoms with Crippen molar-refractivity contribution in [3.05, 3.63) is 66.0 Å². The number of nitrogens with one attached hydrogen (secondary N) is 3. The van der Waals surface area contributed by atoms with E-state index in [4.69, 9.17) is 10.4 Å². The number of hydrogen-bond donors (Lipinski definition) is 3. The van der Waals surface area contributed by atoms with Crippen LogP contribution in [0.25, 0.3) is 11.3 Å². The first-order chi connectivity index (χ1) is 14.0. The number of anilines is 1. The van der Waals surface area contributed by atoms with E-state index < -0.39 is 0 Å². The van der Waals surface area contributed by atoms with Gasteiger partial charge in [-0.3, -0.25) is 5.10 Å². The van der Waals surface area contributed by atoms with Crippen LogP contribution in [0.3, 0.4) is 0 Å². The largest absolute Gasteiger partial charge is 0.369 e. The van der Waals surface area contributed by atoms with Crippen molar-refractivity contribution in [3.8, 4) is 11.3 Å². The maximum absolute atomic E-state index is 7.82. The molecule has 29 heavy (non-hydrogen) atoms. The van der Waals surface area contributed by atoms with Crippen molar-refractivity contribution in [1.82, 2.24) is 15.2 Å². The molecule has 5 nitrogen and oxygen atoms in total. The van der Waals surface area contributed by atoms with Crippen LogP contribution in [0.4, 0.5) is 5.82 Å². The van der Waals surface area contributed by atoms with Crippen LogP contribution in [0.5, 0.6) is 0 Å². The summed E-state index contributed by atoms with van der Waals surface area (Å²) in [6, 6.07) is 12.0. The standard InChI is InChI=1S/C24H33N5/c1-5-21-17-28-27-14-13-23(22-9-7-6-8-10-22)29-24(21)26-16-20(15-25)12-11-19(4)18(2)3/h6-11,13-15,17-18,20,25-27H,5,12,16H2,1-4H3/b14-13?,19-11+,24-21?,25-15?,28-17?,29-23?. The summed E-state index contributed by atoms with van der Waals surface area (Å²) in [4.78, 5) is 4.92. The van der Waals surface area contributed by atoms with E-state index >= 15 is 0 Å². The van der Waals surface area contributed by atoms with Crippen LogP contribution in [0, 0.1) is 17.2 Å². The monoisotopic (exact) mass is 391 g/mol. The molecule has 5 heteroatoms. The topological polar surface area (TPSA) is 77.5 Å². The number of aromatic amines is 1. The molecule has 0 saturated heterocycles. The molecular formula is C24H33N5. The second kappa shape index (κ2) is 11.8. The predicted molar refractivity (Wildman–Crippen MR) is 123 cm³/mol. The third-order valence-corrected chi connectivity index (χ3v) is 5.02. The molecule has 1 unspecified atom stereocenters. The zero-order valence-electron chi connectivity index (χ0n) is 17.9. The first-order valence-corrected chi connectivity index (χ1v) is 10.3. The molecule has 0 bridgehead atoms. The predicted octanol–water partition coefficient (Wildman–Crippen LogP) is 5.83. The van der Waals surface area contributed by atoms with Crippen molar-refractivity contribution in [2.45, 2.75) is 40.5 Å². The molecule has 154 valence electrons. The number of hydrogen-bond acceptors (Lipinski definition) is 4. The summed E-state index contributed by atoms with van der Waals surface area (Å²) in [5.41, 5.74) is 4.29. The highest BCUT2D eigenvalue weighted by molar-refractivity contribution is 5.61. The summed E-state index contributed by atoms with van der Waals surface area (Å²) < 4.78 is 0. The number of rotatable bonds is 9. The summed E-state index contributed by atoms with van der Waals surface area (Å²) in [5.74, 6) is 1.45. The molecule has 0 aliphatic rings. The van der Waals surface area contributed by atoms with Crippen LogP contribution in [0.1, 0.15) is 39.7 Å². The number of aromatic nitrogens is 3. The van der Waals surface area contributed by atoms with Crippen LogP contribution in [-0.2, 0) is 6.42 Å². The number of allylic oxidation sites excluding steroid dienone is 2. The molecule has 0 spiro atoms. The average molecular weight is 392 g/mol. The Hall–Kier alpha value is -2.95. The zero-order valence-corrected chi connectivity index (χ0v) is 17.9. The Balaban J connectivity index is 2.33. The lowest BCUT2D eigenvalue weighted by Gasteiger charge is -2.14. The third kappa shape index (κ3) is 7.18. The lowest BCUT2D eigenvalue weighted by atomic mass is 9.99. The van der Waals surface area contributed by atoms with Gasteiger partial charge in [0, 0.05) is 36.0 Å². The van der Waals surface area contributed by atoms with Crippen molar-refractivity contribution >= 4 is 12.0 Å². The smallest absolute Gasteiger partial charge is 0.131 e. The zero-order chi connectivity index (χ0) is 21.1. The number of aryl methyl sites for hydroxylation is 1. The van der Waals surface area contributed by atoms with Crippen LogP contribution in [-0.4, -0.2) is 27.9 Å². The fourth-order valence-corrected chi connectivity index (χ4v) is 2.76. The Kier molecular flexibility index (Phi) is 9.09. The molecule has 1 aromatic carbocycles. The van der Waals surface area contributed by atoms with E-state index in [0.29, 0.717) is 12.5 Å². The fourth-order valence-electron chi connectivity index (χ4n) is 2.76. The van der Waals surface area contributed by atoms with Crippen molar-refractivity contribution in [1.29, 1.82) is 5.41 Å². The quantitative estimate of drug-likeness (QED) is 0.372. The Morgan fingerprint density at radius 2 is 1.97 bits per heavy atom. The molecule has 0 fully saturated rings. The Morgan fingerprint density at radius 1 is 1.21 bits per heavy atom. The molecule has 2 rings (SSSR count). The molecule has 3 N–H and O–H groups in total. The van der Waals surface area contributed by atoms with Gasteiger partial charge in [-0.05, 0) is 31.7 Å². The van der Waals surface area contributed by atoms with Crippen molar-refractivity contribution < 1.29 is 0 Å². The van der Waals surface area contributed by atoms with Gasteiger partial charge < -0.3 is 10.7 Å². The van der Waals surface area contributed by atoms with E-state index in [1.54, 1.807) is 6.20 Å². The van der Waals surface area contributed by atoms with Gasteiger partial charge in [-0.25, -0.2) is 4.98 Å². The third-order valence-electron chi connectivity index (χ3n) is 5.02. The van der Waals surface area contributed by atoms with Gasteiger partial charge >= 0.3 is 0 Å². The van der Waals surface area contributed by atoms with Crippen LogP contribution >= 0.6 is 0 Å². The van der Waals surface area contributed by atoms with E-state index in [-0.39, 0.29) is 5.92 Å². The molecule has 2 aromatic rings. The van der Waals surface area contributed by atoms with E-state index in [1.807, 2.05) is 42.6 Å². The van der Waals surface area contributed by atoms with Gasteiger partial charge in [0.1, 0.15) is 5.82 Å². The van der Waals surface area contributed by atoms with Gasteiger partial charge in [0.05, 0.1) is 11.9 Å². The first-order valence-electron chi connectivity index (χ1n) is 10.3. The average Bonchev–Trinajstić information content (AvgIpc) is 2.84. The molecule has 1 heterocycles.